The maximum absolute atomic E-state index is 12.2. The average Bonchev–Trinajstić information content (AvgIpc) is 2.98. The Balaban J connectivity index is 2.08. The Morgan fingerprint density at radius 3 is 2.62 bits per heavy atom. The number of alkyl carbamates (subject to hydrolysis) is 1. The lowest BCUT2D eigenvalue weighted by Crippen LogP contribution is -2.65. The highest BCUT2D eigenvalue weighted by Gasteiger charge is 2.52. The lowest BCUT2D eigenvalue weighted by molar-refractivity contribution is -0.158. The molecule has 1 saturated heterocycles. The summed E-state index contributed by atoms with van der Waals surface area (Å²) in [4.78, 5) is 37.1. The molecule has 1 fully saturated rings. The van der Waals surface area contributed by atoms with Crippen LogP contribution < -0.4 is 11.1 Å². The fourth-order valence-electron chi connectivity index (χ4n) is 2.70. The number of carbonyl (C=O) groups is 3. The lowest BCUT2D eigenvalue weighted by Gasteiger charge is -2.35. The van der Waals surface area contributed by atoms with E-state index in [2.05, 4.69) is 5.32 Å². The second kappa shape index (κ2) is 7.31. The van der Waals surface area contributed by atoms with Gasteiger partial charge in [-0.3, -0.25) is 10.1 Å². The van der Waals surface area contributed by atoms with Crippen molar-refractivity contribution in [2.75, 3.05) is 6.54 Å². The van der Waals surface area contributed by atoms with Gasteiger partial charge in [-0.2, -0.15) is 0 Å². The zero-order valence-electron chi connectivity index (χ0n) is 13.4. The molecule has 2 amide bonds. The number of benzene rings is 1. The average molecular weight is 335 g/mol. The van der Waals surface area contributed by atoms with Crippen molar-refractivity contribution in [3.05, 3.63) is 35.9 Å². The van der Waals surface area contributed by atoms with Crippen molar-refractivity contribution < 1.29 is 24.2 Å². The predicted octanol–water partition coefficient (Wildman–Crippen LogP) is 0.663. The topological polar surface area (TPSA) is 122 Å². The van der Waals surface area contributed by atoms with E-state index in [1.807, 2.05) is 6.07 Å². The summed E-state index contributed by atoms with van der Waals surface area (Å²) in [5, 5.41) is 11.9. The molecule has 0 spiro atoms. The van der Waals surface area contributed by atoms with Gasteiger partial charge in [0.2, 0.25) is 11.6 Å². The molecular weight excluding hydrogens is 314 g/mol. The molecule has 0 radical (unpaired) electrons. The minimum absolute atomic E-state index is 0.00358. The summed E-state index contributed by atoms with van der Waals surface area (Å²) in [5.41, 5.74) is 4.52. The highest BCUT2D eigenvalue weighted by Crippen LogP contribution is 2.28. The number of likely N-dealkylation sites (tertiary alicyclic amines) is 1. The Morgan fingerprint density at radius 2 is 2.04 bits per heavy atom. The SMILES string of the molecule is CC(N)C(=O)N1CCC[C@@]1(NC(=O)OCc1ccccc1)C(=O)O. The number of nitrogens with two attached hydrogens (primary N) is 1. The Morgan fingerprint density at radius 1 is 1.38 bits per heavy atom. The standard InChI is InChI=1S/C16H21N3O5/c1-11(17)13(20)19-9-5-8-16(19,14(21)22)18-15(23)24-10-12-6-3-2-4-7-12/h2-4,6-7,11H,5,8-10,17H2,1H3,(H,18,23)(H,21,22)/t11?,16-/m0/s1. The molecular formula is C16H21N3O5. The number of nitrogens with zero attached hydrogens (tertiary/aromatic N) is 1. The highest BCUT2D eigenvalue weighted by molar-refractivity contribution is 5.92. The van der Waals surface area contributed by atoms with Gasteiger partial charge < -0.3 is 20.5 Å². The van der Waals surface area contributed by atoms with E-state index in [1.54, 1.807) is 24.3 Å². The van der Waals surface area contributed by atoms with Crippen LogP contribution in [0.15, 0.2) is 30.3 Å². The van der Waals surface area contributed by atoms with Gasteiger partial charge in [0.25, 0.3) is 0 Å². The van der Waals surface area contributed by atoms with Crippen LogP contribution in [0.3, 0.4) is 0 Å². The largest absolute Gasteiger partial charge is 0.478 e. The van der Waals surface area contributed by atoms with Gasteiger partial charge in [0.05, 0.1) is 6.04 Å². The van der Waals surface area contributed by atoms with Gasteiger partial charge >= 0.3 is 12.1 Å². The van der Waals surface area contributed by atoms with Crippen LogP contribution >= 0.6 is 0 Å². The molecule has 0 bridgehead atoms. The molecule has 8 nitrogen and oxygen atoms in total. The van der Waals surface area contributed by atoms with E-state index in [1.165, 1.54) is 6.92 Å². The van der Waals surface area contributed by atoms with Gasteiger partial charge in [-0.05, 0) is 18.9 Å². The zero-order chi connectivity index (χ0) is 17.7. The lowest BCUT2D eigenvalue weighted by atomic mass is 10.1. The number of carboxylic acids is 1. The summed E-state index contributed by atoms with van der Waals surface area (Å²) in [7, 11) is 0. The third-order valence-electron chi connectivity index (χ3n) is 3.91. The maximum Gasteiger partial charge on any atom is 0.409 e. The summed E-state index contributed by atoms with van der Waals surface area (Å²) in [6.07, 6.45) is -0.351. The van der Waals surface area contributed by atoms with Crippen molar-refractivity contribution in [3.63, 3.8) is 0 Å². The number of nitrogens with one attached hydrogen (secondary N) is 1. The predicted molar refractivity (Wildman–Crippen MR) is 84.7 cm³/mol. The van der Waals surface area contributed by atoms with Crippen molar-refractivity contribution in [3.8, 4) is 0 Å². The van der Waals surface area contributed by atoms with Gasteiger partial charge in [0, 0.05) is 13.0 Å². The minimum atomic E-state index is -1.82. The molecule has 1 unspecified atom stereocenters. The second-order valence-corrected chi connectivity index (χ2v) is 5.73. The fourth-order valence-corrected chi connectivity index (χ4v) is 2.70. The van der Waals surface area contributed by atoms with Gasteiger partial charge in [-0.1, -0.05) is 30.3 Å². The van der Waals surface area contributed by atoms with E-state index in [4.69, 9.17) is 10.5 Å². The molecule has 0 aliphatic carbocycles. The van der Waals surface area contributed by atoms with E-state index in [0.29, 0.717) is 6.42 Å². The van der Waals surface area contributed by atoms with Crippen LogP contribution in [0.1, 0.15) is 25.3 Å². The second-order valence-electron chi connectivity index (χ2n) is 5.73. The van der Waals surface area contributed by atoms with Crippen molar-refractivity contribution in [2.24, 2.45) is 5.73 Å². The molecule has 1 aliphatic rings. The van der Waals surface area contributed by atoms with Gasteiger partial charge in [0.15, 0.2) is 0 Å². The molecule has 4 N–H and O–H groups in total. The number of aliphatic carboxylic acids is 1. The quantitative estimate of drug-likeness (QED) is 0.727. The number of carboxylic acid groups (broad SMARTS) is 1. The molecule has 1 aromatic carbocycles. The normalized spacial score (nSPS) is 21.2. The molecule has 24 heavy (non-hydrogen) atoms. The van der Waals surface area contributed by atoms with Crippen LogP contribution in [0.2, 0.25) is 0 Å². The van der Waals surface area contributed by atoms with Crippen LogP contribution in [-0.2, 0) is 20.9 Å². The molecule has 130 valence electrons. The van der Waals surface area contributed by atoms with E-state index in [-0.39, 0.29) is 19.6 Å². The van der Waals surface area contributed by atoms with E-state index >= 15 is 0 Å². The number of amides is 2. The Labute approximate surface area is 139 Å². The number of ether oxygens (including phenoxy) is 1. The summed E-state index contributed by atoms with van der Waals surface area (Å²) in [6.45, 7) is 1.69. The smallest absolute Gasteiger partial charge is 0.409 e. The molecule has 2 atom stereocenters. The summed E-state index contributed by atoms with van der Waals surface area (Å²) < 4.78 is 5.07. The van der Waals surface area contributed by atoms with Crippen LogP contribution in [-0.4, -0.2) is 46.2 Å². The van der Waals surface area contributed by atoms with Crippen molar-refractivity contribution in [1.29, 1.82) is 0 Å². The summed E-state index contributed by atoms with van der Waals surface area (Å²) in [5.74, 6) is -1.84. The molecule has 2 rings (SSSR count). The first-order chi connectivity index (χ1) is 11.4. The first kappa shape index (κ1) is 17.7. The van der Waals surface area contributed by atoms with E-state index < -0.39 is 29.7 Å². The number of hydrogen-bond donors (Lipinski definition) is 3. The third-order valence-corrected chi connectivity index (χ3v) is 3.91. The monoisotopic (exact) mass is 335 g/mol. The Kier molecular flexibility index (Phi) is 5.40. The van der Waals surface area contributed by atoms with Gasteiger partial charge in [-0.25, -0.2) is 9.59 Å². The highest BCUT2D eigenvalue weighted by atomic mass is 16.5. The Hall–Kier alpha value is -2.61. The van der Waals surface area contributed by atoms with E-state index in [9.17, 15) is 19.5 Å². The van der Waals surface area contributed by atoms with Gasteiger partial charge in [0.1, 0.15) is 6.61 Å². The molecule has 8 heteroatoms. The molecule has 1 heterocycles. The van der Waals surface area contributed by atoms with Crippen LogP contribution in [0.5, 0.6) is 0 Å². The summed E-state index contributed by atoms with van der Waals surface area (Å²) >= 11 is 0. The van der Waals surface area contributed by atoms with Gasteiger partial charge in [-0.15, -0.1) is 0 Å². The van der Waals surface area contributed by atoms with Crippen molar-refractivity contribution in [2.45, 2.75) is 38.1 Å². The maximum atomic E-state index is 12.2. The minimum Gasteiger partial charge on any atom is -0.478 e. The van der Waals surface area contributed by atoms with Crippen LogP contribution in [0.4, 0.5) is 4.79 Å². The van der Waals surface area contributed by atoms with Crippen LogP contribution in [0.25, 0.3) is 0 Å². The van der Waals surface area contributed by atoms with E-state index in [0.717, 1.165) is 10.5 Å². The zero-order valence-corrected chi connectivity index (χ0v) is 13.4. The Bertz CT molecular complexity index is 619. The molecule has 0 saturated carbocycles. The number of hydrogen-bond acceptors (Lipinski definition) is 5. The molecule has 0 aromatic heterocycles. The fraction of sp³-hybridized carbons (Fsp3) is 0.438. The van der Waals surface area contributed by atoms with Crippen LogP contribution in [0, 0.1) is 0 Å². The number of carbonyl (C=O) groups excluding carboxylic acids is 2. The molecule has 1 aliphatic heterocycles. The van der Waals surface area contributed by atoms with Crippen molar-refractivity contribution in [1.82, 2.24) is 10.2 Å². The number of rotatable bonds is 5. The van der Waals surface area contributed by atoms with Crippen molar-refractivity contribution >= 4 is 18.0 Å². The summed E-state index contributed by atoms with van der Waals surface area (Å²) in [6, 6.07) is 8.14. The molecule has 1 aromatic rings. The first-order valence-electron chi connectivity index (χ1n) is 7.66. The first-order valence-corrected chi connectivity index (χ1v) is 7.66. The third kappa shape index (κ3) is 3.65.